The van der Waals surface area contributed by atoms with Gasteiger partial charge in [0.15, 0.2) is 5.11 Å². The first-order chi connectivity index (χ1) is 12.5. The summed E-state index contributed by atoms with van der Waals surface area (Å²) in [6.45, 7) is 0. The molecule has 1 fully saturated rings. The van der Waals surface area contributed by atoms with E-state index < -0.39 is 0 Å². The maximum absolute atomic E-state index is 14.3. The first-order valence-electron chi connectivity index (χ1n) is 8.04. The largest absolute Gasteiger partial charge is 0.459 e. The van der Waals surface area contributed by atoms with E-state index in [4.69, 9.17) is 16.6 Å². The van der Waals surface area contributed by atoms with Gasteiger partial charge in [-0.25, -0.2) is 4.39 Å². The maximum Gasteiger partial charge on any atom is 0.170 e. The number of nitrogens with zero attached hydrogens (tertiary/aromatic N) is 2. The molecule has 0 unspecified atom stereocenters. The van der Waals surface area contributed by atoms with E-state index in [9.17, 15) is 4.39 Å². The predicted octanol–water partition coefficient (Wildman–Crippen LogP) is 4.85. The van der Waals surface area contributed by atoms with Crippen molar-refractivity contribution in [2.45, 2.75) is 12.1 Å². The van der Waals surface area contributed by atoms with E-state index in [1.807, 2.05) is 36.2 Å². The van der Waals surface area contributed by atoms with Crippen LogP contribution in [0.2, 0.25) is 0 Å². The number of benzene rings is 1. The van der Waals surface area contributed by atoms with Crippen LogP contribution in [0.4, 0.5) is 4.39 Å². The van der Waals surface area contributed by atoms with Crippen LogP contribution in [0.25, 0.3) is 11.3 Å². The standard InChI is InChI=1S/C19H15BrFN3OS/c1-24-18(17(23-19(24)26)14-4-2-3-9-22-14)16-8-7-15(25-16)12-6-5-11(20)10-13(12)21/h2-10,17-18H,1H3,(H,23,26)/t17-,18-/m0/s1. The van der Waals surface area contributed by atoms with Crippen LogP contribution in [0, 0.1) is 5.82 Å². The zero-order chi connectivity index (χ0) is 18.3. The third kappa shape index (κ3) is 3.01. The van der Waals surface area contributed by atoms with Crippen LogP contribution in [0.1, 0.15) is 23.5 Å². The minimum atomic E-state index is -0.338. The molecule has 1 N–H and O–H groups in total. The number of thiocarbonyl (C=S) groups is 1. The summed E-state index contributed by atoms with van der Waals surface area (Å²) in [4.78, 5) is 6.38. The van der Waals surface area contributed by atoms with Crippen LogP contribution in [0.5, 0.6) is 0 Å². The third-order valence-electron chi connectivity index (χ3n) is 4.45. The summed E-state index contributed by atoms with van der Waals surface area (Å²) in [6, 6.07) is 14.0. The molecule has 4 rings (SSSR count). The number of rotatable bonds is 3. The van der Waals surface area contributed by atoms with Crippen LogP contribution in [0.15, 0.2) is 63.6 Å². The third-order valence-corrected chi connectivity index (χ3v) is 5.35. The molecule has 0 bridgehead atoms. The second-order valence-electron chi connectivity index (χ2n) is 6.06. The van der Waals surface area contributed by atoms with Gasteiger partial charge in [0.05, 0.1) is 17.3 Å². The summed E-state index contributed by atoms with van der Waals surface area (Å²) in [7, 11) is 1.91. The number of nitrogens with one attached hydrogen (secondary N) is 1. The summed E-state index contributed by atoms with van der Waals surface area (Å²) >= 11 is 8.68. The van der Waals surface area contributed by atoms with E-state index in [0.717, 1.165) is 5.69 Å². The van der Waals surface area contributed by atoms with Crippen LogP contribution < -0.4 is 5.32 Å². The van der Waals surface area contributed by atoms with Gasteiger partial charge in [-0.2, -0.15) is 0 Å². The lowest BCUT2D eigenvalue weighted by Crippen LogP contribution is -2.24. The Hall–Kier alpha value is -2.25. The molecule has 1 aliphatic rings. The number of likely N-dealkylation sites (N-methyl/N-ethyl adjacent to an activating group) is 1. The molecule has 4 nitrogen and oxygen atoms in total. The predicted molar refractivity (Wildman–Crippen MR) is 105 cm³/mol. The Morgan fingerprint density at radius 1 is 1.23 bits per heavy atom. The van der Waals surface area contributed by atoms with Crippen molar-refractivity contribution in [2.75, 3.05) is 7.05 Å². The SMILES string of the molecule is CN1C(=S)N[C@@H](c2ccccn2)[C@@H]1c1ccc(-c2ccc(Br)cc2F)o1. The molecule has 1 aromatic carbocycles. The van der Waals surface area contributed by atoms with E-state index in [1.165, 1.54) is 6.07 Å². The minimum absolute atomic E-state index is 0.137. The molecule has 2 atom stereocenters. The maximum atomic E-state index is 14.3. The number of hydrogen-bond donors (Lipinski definition) is 1. The van der Waals surface area contributed by atoms with Crippen molar-refractivity contribution in [1.29, 1.82) is 0 Å². The highest BCUT2D eigenvalue weighted by Crippen LogP contribution is 2.39. The molecule has 0 saturated carbocycles. The minimum Gasteiger partial charge on any atom is -0.459 e. The van der Waals surface area contributed by atoms with Crippen LogP contribution >= 0.6 is 28.1 Å². The molecule has 2 aromatic heterocycles. The fourth-order valence-electron chi connectivity index (χ4n) is 3.16. The highest BCUT2D eigenvalue weighted by molar-refractivity contribution is 9.10. The Morgan fingerprint density at radius 3 is 2.81 bits per heavy atom. The Labute approximate surface area is 164 Å². The second-order valence-corrected chi connectivity index (χ2v) is 7.37. The average molecular weight is 432 g/mol. The van der Waals surface area contributed by atoms with Gasteiger partial charge in [-0.15, -0.1) is 0 Å². The summed E-state index contributed by atoms with van der Waals surface area (Å²) in [6.07, 6.45) is 1.75. The molecule has 0 spiro atoms. The lowest BCUT2D eigenvalue weighted by atomic mass is 10.0. The number of aromatic nitrogens is 1. The van der Waals surface area contributed by atoms with Gasteiger partial charge < -0.3 is 14.6 Å². The number of pyridine rings is 1. The van der Waals surface area contributed by atoms with Crippen molar-refractivity contribution in [3.8, 4) is 11.3 Å². The van der Waals surface area contributed by atoms with E-state index in [-0.39, 0.29) is 17.9 Å². The van der Waals surface area contributed by atoms with Gasteiger partial charge in [-0.05, 0) is 54.7 Å². The Balaban J connectivity index is 1.72. The Bertz CT molecular complexity index is 962. The topological polar surface area (TPSA) is 41.3 Å². The molecule has 3 aromatic rings. The summed E-state index contributed by atoms with van der Waals surface area (Å²) in [5.41, 5.74) is 1.29. The van der Waals surface area contributed by atoms with E-state index in [2.05, 4.69) is 26.2 Å². The number of hydrogen-bond acceptors (Lipinski definition) is 3. The summed E-state index contributed by atoms with van der Waals surface area (Å²) < 4.78 is 21.0. The van der Waals surface area contributed by atoms with Crippen molar-refractivity contribution >= 4 is 33.3 Å². The van der Waals surface area contributed by atoms with Gasteiger partial charge in [-0.3, -0.25) is 4.98 Å². The average Bonchev–Trinajstić information content (AvgIpc) is 3.21. The number of halogens is 2. The summed E-state index contributed by atoms with van der Waals surface area (Å²) in [5.74, 6) is 0.846. The van der Waals surface area contributed by atoms with Gasteiger partial charge in [-0.1, -0.05) is 22.0 Å². The van der Waals surface area contributed by atoms with Gasteiger partial charge in [0.1, 0.15) is 23.4 Å². The first-order valence-corrected chi connectivity index (χ1v) is 9.24. The van der Waals surface area contributed by atoms with Gasteiger partial charge in [0, 0.05) is 17.7 Å². The van der Waals surface area contributed by atoms with Gasteiger partial charge in [0.25, 0.3) is 0 Å². The van der Waals surface area contributed by atoms with Crippen molar-refractivity contribution in [1.82, 2.24) is 15.2 Å². The Kier molecular flexibility index (Phi) is 4.50. The molecule has 1 saturated heterocycles. The smallest absolute Gasteiger partial charge is 0.170 e. The van der Waals surface area contributed by atoms with Gasteiger partial charge >= 0.3 is 0 Å². The van der Waals surface area contributed by atoms with E-state index in [1.54, 1.807) is 24.4 Å². The van der Waals surface area contributed by atoms with Crippen molar-refractivity contribution in [3.05, 3.63) is 76.5 Å². The molecule has 3 heterocycles. The first kappa shape index (κ1) is 17.2. The fourth-order valence-corrected chi connectivity index (χ4v) is 3.73. The van der Waals surface area contributed by atoms with Crippen molar-refractivity contribution in [2.24, 2.45) is 0 Å². The van der Waals surface area contributed by atoms with Gasteiger partial charge in [0.2, 0.25) is 0 Å². The quantitative estimate of drug-likeness (QED) is 0.600. The molecular weight excluding hydrogens is 417 g/mol. The zero-order valence-corrected chi connectivity index (χ0v) is 16.2. The summed E-state index contributed by atoms with van der Waals surface area (Å²) in [5, 5.41) is 3.91. The lowest BCUT2D eigenvalue weighted by molar-refractivity contribution is 0.310. The molecule has 132 valence electrons. The van der Waals surface area contributed by atoms with Crippen LogP contribution in [-0.2, 0) is 0 Å². The molecule has 1 aliphatic heterocycles. The Morgan fingerprint density at radius 2 is 2.08 bits per heavy atom. The van der Waals surface area contributed by atoms with Crippen molar-refractivity contribution in [3.63, 3.8) is 0 Å². The molecular formula is C19H15BrFN3OS. The van der Waals surface area contributed by atoms with Crippen LogP contribution in [-0.4, -0.2) is 22.0 Å². The highest BCUT2D eigenvalue weighted by atomic mass is 79.9. The van der Waals surface area contributed by atoms with Crippen LogP contribution in [0.3, 0.4) is 0 Å². The normalized spacial score (nSPS) is 19.7. The highest BCUT2D eigenvalue weighted by Gasteiger charge is 2.39. The monoisotopic (exact) mass is 431 g/mol. The fraction of sp³-hybridized carbons (Fsp3) is 0.158. The van der Waals surface area contributed by atoms with E-state index in [0.29, 0.717) is 26.7 Å². The molecule has 0 amide bonds. The molecule has 0 aliphatic carbocycles. The lowest BCUT2D eigenvalue weighted by Gasteiger charge is -2.21. The molecule has 26 heavy (non-hydrogen) atoms. The second kappa shape index (κ2) is 6.81. The van der Waals surface area contributed by atoms with E-state index >= 15 is 0 Å². The van der Waals surface area contributed by atoms with Crippen molar-refractivity contribution < 1.29 is 8.81 Å². The number of furan rings is 1. The molecule has 7 heteroatoms. The zero-order valence-electron chi connectivity index (χ0n) is 13.8. The molecule has 0 radical (unpaired) electrons.